The van der Waals surface area contributed by atoms with Crippen molar-refractivity contribution in [1.29, 1.82) is 0 Å². The molecule has 0 atom stereocenters. The Morgan fingerprint density at radius 3 is 2.53 bits per heavy atom. The number of nitrogens with two attached hydrogens (primary N) is 1. The van der Waals surface area contributed by atoms with E-state index >= 15 is 0 Å². The van der Waals surface area contributed by atoms with Gasteiger partial charge in [0.25, 0.3) is 11.8 Å². The quantitative estimate of drug-likeness (QED) is 0.338. The lowest BCUT2D eigenvalue weighted by molar-refractivity contribution is -0.111. The van der Waals surface area contributed by atoms with Gasteiger partial charge in [0.05, 0.1) is 48.4 Å². The summed E-state index contributed by atoms with van der Waals surface area (Å²) in [5, 5.41) is 13.0. The number of aromatic nitrogens is 2. The van der Waals surface area contributed by atoms with Gasteiger partial charge in [-0.05, 0) is 38.0 Å². The standard InChI is InChI=1S/C26H32N6O6/c1-26(2,36)4-5-32-15-16-10-20(21(11-18(16)24(32)34)31-6-8-38-9-7-31)30-23(33)19(12-27)22-28-13-17(14-29-22)25(35)37-3/h10-14,36H,4-9,15,27H2,1-3H3,(H,30,33). The Hall–Kier alpha value is -4.03. The minimum atomic E-state index is -0.894. The van der Waals surface area contributed by atoms with Crippen molar-refractivity contribution in [1.82, 2.24) is 14.9 Å². The van der Waals surface area contributed by atoms with Crippen LogP contribution in [-0.4, -0.2) is 83.3 Å². The first-order chi connectivity index (χ1) is 18.1. The van der Waals surface area contributed by atoms with Crippen molar-refractivity contribution >= 4 is 34.7 Å². The van der Waals surface area contributed by atoms with E-state index in [9.17, 15) is 19.5 Å². The molecule has 2 aromatic rings. The summed E-state index contributed by atoms with van der Waals surface area (Å²) >= 11 is 0. The van der Waals surface area contributed by atoms with Crippen molar-refractivity contribution in [2.45, 2.75) is 32.4 Å². The van der Waals surface area contributed by atoms with Gasteiger partial charge in [0.1, 0.15) is 0 Å². The summed E-state index contributed by atoms with van der Waals surface area (Å²) < 4.78 is 10.1. The number of nitrogens with zero attached hydrogens (tertiary/aromatic N) is 4. The highest BCUT2D eigenvalue weighted by Gasteiger charge is 2.31. The number of aliphatic hydroxyl groups is 1. The highest BCUT2D eigenvalue weighted by atomic mass is 16.5. The Kier molecular flexibility index (Phi) is 7.93. The van der Waals surface area contributed by atoms with E-state index in [1.807, 2.05) is 0 Å². The van der Waals surface area contributed by atoms with Gasteiger partial charge in [-0.2, -0.15) is 0 Å². The molecule has 4 rings (SSSR count). The van der Waals surface area contributed by atoms with E-state index in [0.29, 0.717) is 62.8 Å². The molecule has 1 aromatic heterocycles. The summed E-state index contributed by atoms with van der Waals surface area (Å²) in [4.78, 5) is 50.1. The molecule has 4 N–H and O–H groups in total. The number of esters is 1. The molecule has 202 valence electrons. The van der Waals surface area contributed by atoms with E-state index < -0.39 is 17.5 Å². The van der Waals surface area contributed by atoms with Crippen LogP contribution < -0.4 is 16.0 Å². The smallest absolute Gasteiger partial charge is 0.341 e. The molecule has 0 spiro atoms. The molecule has 1 fully saturated rings. The number of methoxy groups -OCH3 is 1. The molecule has 12 nitrogen and oxygen atoms in total. The number of carbonyl (C=O) groups is 3. The zero-order chi connectivity index (χ0) is 27.4. The molecule has 0 unspecified atom stereocenters. The number of amides is 2. The van der Waals surface area contributed by atoms with Crippen LogP contribution in [-0.2, 0) is 20.8 Å². The second-order valence-electron chi connectivity index (χ2n) is 9.74. The van der Waals surface area contributed by atoms with Crippen molar-refractivity contribution in [3.8, 4) is 0 Å². The normalized spacial score (nSPS) is 15.9. The van der Waals surface area contributed by atoms with Gasteiger partial charge in [0, 0.05) is 50.3 Å². The van der Waals surface area contributed by atoms with Gasteiger partial charge in [-0.15, -0.1) is 0 Å². The van der Waals surface area contributed by atoms with Crippen LogP contribution in [0.3, 0.4) is 0 Å². The number of carbonyl (C=O) groups excluding carboxylic acids is 3. The summed E-state index contributed by atoms with van der Waals surface area (Å²) in [7, 11) is 1.25. The highest BCUT2D eigenvalue weighted by Crippen LogP contribution is 2.35. The second kappa shape index (κ2) is 11.2. The van der Waals surface area contributed by atoms with E-state index in [4.69, 9.17) is 10.5 Å². The summed E-state index contributed by atoms with van der Waals surface area (Å²) in [5.74, 6) is -1.22. The molecule has 3 heterocycles. The third kappa shape index (κ3) is 5.92. The summed E-state index contributed by atoms with van der Waals surface area (Å²) in [5.41, 5.74) is 7.57. The summed E-state index contributed by atoms with van der Waals surface area (Å²) in [6.07, 6.45) is 4.05. The van der Waals surface area contributed by atoms with Crippen LogP contribution in [0, 0.1) is 0 Å². The predicted octanol–water partition coefficient (Wildman–Crippen LogP) is 1.15. The Labute approximate surface area is 220 Å². The minimum Gasteiger partial charge on any atom is -0.465 e. The van der Waals surface area contributed by atoms with Crippen molar-refractivity contribution < 1.29 is 29.0 Å². The number of hydrogen-bond donors (Lipinski definition) is 3. The topological polar surface area (TPSA) is 160 Å². The third-order valence-corrected chi connectivity index (χ3v) is 6.42. The van der Waals surface area contributed by atoms with E-state index in [2.05, 4.69) is 24.9 Å². The zero-order valence-electron chi connectivity index (χ0n) is 21.7. The van der Waals surface area contributed by atoms with E-state index in [-0.39, 0.29) is 22.9 Å². The fraction of sp³-hybridized carbons (Fsp3) is 0.423. The first-order valence-electron chi connectivity index (χ1n) is 12.3. The fourth-order valence-corrected chi connectivity index (χ4v) is 4.30. The SMILES string of the molecule is COC(=O)c1cnc(C(=CN)C(=O)Nc2cc3c(cc2N2CCOCC2)C(=O)N(CCC(C)(C)O)C3)nc1. The minimum absolute atomic E-state index is 0.0118. The summed E-state index contributed by atoms with van der Waals surface area (Å²) in [6.45, 7) is 6.42. The maximum atomic E-state index is 13.3. The molecule has 0 saturated carbocycles. The molecule has 1 aromatic carbocycles. The number of nitrogens with one attached hydrogen (secondary N) is 1. The molecule has 38 heavy (non-hydrogen) atoms. The van der Waals surface area contributed by atoms with Crippen LogP contribution in [0.15, 0.2) is 30.7 Å². The van der Waals surface area contributed by atoms with Gasteiger partial charge < -0.3 is 35.4 Å². The Bertz CT molecular complexity index is 1250. The average Bonchev–Trinajstić information content (AvgIpc) is 3.21. The molecule has 0 radical (unpaired) electrons. The molecule has 1 saturated heterocycles. The lowest BCUT2D eigenvalue weighted by atomic mass is 10.1. The number of benzene rings is 1. The van der Waals surface area contributed by atoms with Crippen molar-refractivity contribution in [2.75, 3.05) is 50.2 Å². The van der Waals surface area contributed by atoms with E-state index in [0.717, 1.165) is 11.8 Å². The zero-order valence-corrected chi connectivity index (χ0v) is 21.7. The number of hydrogen-bond acceptors (Lipinski definition) is 10. The number of fused-ring (bicyclic) bond motifs is 1. The van der Waals surface area contributed by atoms with Crippen LogP contribution in [0.4, 0.5) is 11.4 Å². The second-order valence-corrected chi connectivity index (χ2v) is 9.74. The van der Waals surface area contributed by atoms with Gasteiger partial charge in [0.15, 0.2) is 5.82 Å². The van der Waals surface area contributed by atoms with Crippen LogP contribution in [0.1, 0.15) is 52.4 Å². The first-order valence-corrected chi connectivity index (χ1v) is 12.3. The van der Waals surface area contributed by atoms with Crippen molar-refractivity contribution in [3.05, 3.63) is 53.2 Å². The maximum absolute atomic E-state index is 13.3. The lowest BCUT2D eigenvalue weighted by Crippen LogP contribution is -2.37. The Morgan fingerprint density at radius 2 is 1.92 bits per heavy atom. The largest absolute Gasteiger partial charge is 0.465 e. The Balaban J connectivity index is 1.62. The van der Waals surface area contributed by atoms with Crippen LogP contribution in [0.2, 0.25) is 0 Å². The molecule has 2 aliphatic rings. The van der Waals surface area contributed by atoms with E-state index in [1.54, 1.807) is 30.9 Å². The highest BCUT2D eigenvalue weighted by molar-refractivity contribution is 6.25. The van der Waals surface area contributed by atoms with Gasteiger partial charge in [-0.25, -0.2) is 14.8 Å². The van der Waals surface area contributed by atoms with Gasteiger partial charge >= 0.3 is 5.97 Å². The maximum Gasteiger partial charge on any atom is 0.341 e. The third-order valence-electron chi connectivity index (χ3n) is 6.42. The summed E-state index contributed by atoms with van der Waals surface area (Å²) in [6, 6.07) is 3.60. The number of ether oxygens (including phenoxy) is 2. The van der Waals surface area contributed by atoms with Crippen LogP contribution in [0.25, 0.3) is 5.57 Å². The molecular formula is C26H32N6O6. The predicted molar refractivity (Wildman–Crippen MR) is 139 cm³/mol. The lowest BCUT2D eigenvalue weighted by Gasteiger charge is -2.31. The number of rotatable bonds is 8. The van der Waals surface area contributed by atoms with Crippen molar-refractivity contribution in [2.24, 2.45) is 5.73 Å². The van der Waals surface area contributed by atoms with Crippen LogP contribution >= 0.6 is 0 Å². The number of morpholine rings is 1. The van der Waals surface area contributed by atoms with E-state index in [1.165, 1.54) is 19.5 Å². The van der Waals surface area contributed by atoms with Gasteiger partial charge in [-0.3, -0.25) is 9.59 Å². The molecule has 2 aliphatic heterocycles. The van der Waals surface area contributed by atoms with Gasteiger partial charge in [0.2, 0.25) is 0 Å². The molecule has 2 amide bonds. The molecule has 12 heteroatoms. The molecule has 0 aliphatic carbocycles. The average molecular weight is 525 g/mol. The van der Waals surface area contributed by atoms with Crippen LogP contribution in [0.5, 0.6) is 0 Å². The first kappa shape index (κ1) is 27.0. The fourth-order valence-electron chi connectivity index (χ4n) is 4.30. The monoisotopic (exact) mass is 524 g/mol. The molecule has 0 bridgehead atoms. The number of anilines is 2. The molecular weight excluding hydrogens is 492 g/mol. The Morgan fingerprint density at radius 1 is 1.24 bits per heavy atom. The van der Waals surface area contributed by atoms with Crippen molar-refractivity contribution in [3.63, 3.8) is 0 Å². The van der Waals surface area contributed by atoms with Gasteiger partial charge in [-0.1, -0.05) is 0 Å².